The van der Waals surface area contributed by atoms with E-state index >= 15 is 0 Å². The molecule has 0 aliphatic rings. The van der Waals surface area contributed by atoms with Crippen LogP contribution >= 0.6 is 0 Å². The van der Waals surface area contributed by atoms with Gasteiger partial charge in [0, 0.05) is 6.54 Å². The minimum atomic E-state index is -1.00. The Kier molecular flexibility index (Phi) is 19.9. The maximum atomic E-state index is 10.4. The number of hydrogen-bond acceptors (Lipinski definition) is 9. The summed E-state index contributed by atoms with van der Waals surface area (Å²) in [7, 11) is 1.50. The first-order valence-electron chi connectivity index (χ1n) is 11.5. The van der Waals surface area contributed by atoms with Gasteiger partial charge in [0.15, 0.2) is 12.4 Å². The van der Waals surface area contributed by atoms with Crippen molar-refractivity contribution in [3.8, 4) is 5.75 Å². The maximum Gasteiger partial charge on any atom is 0.335 e. The highest BCUT2D eigenvalue weighted by atomic mass is 16.5. The van der Waals surface area contributed by atoms with Crippen molar-refractivity contribution in [3.63, 3.8) is 0 Å². The number of rotatable bonds is 10. The van der Waals surface area contributed by atoms with Crippen molar-refractivity contribution in [2.45, 2.75) is 52.1 Å². The molecule has 2 atom stereocenters. The number of benzene rings is 1. The summed E-state index contributed by atoms with van der Waals surface area (Å²) in [5.41, 5.74) is 20.8. The Hall–Kier alpha value is -4.17. The van der Waals surface area contributed by atoms with Gasteiger partial charge in [-0.25, -0.2) is 9.78 Å². The van der Waals surface area contributed by atoms with Crippen molar-refractivity contribution in [3.05, 3.63) is 48.2 Å². The zero-order valence-corrected chi connectivity index (χ0v) is 22.1. The van der Waals surface area contributed by atoms with E-state index in [2.05, 4.69) is 9.98 Å². The average Bonchev–Trinajstić information content (AvgIpc) is 3.33. The van der Waals surface area contributed by atoms with Crippen molar-refractivity contribution >= 4 is 23.9 Å². The van der Waals surface area contributed by atoms with Gasteiger partial charge in [0.2, 0.25) is 0 Å². The van der Waals surface area contributed by atoms with Crippen molar-refractivity contribution in [2.75, 3.05) is 13.7 Å². The number of carboxylic acids is 3. The van der Waals surface area contributed by atoms with E-state index in [4.69, 9.17) is 47.4 Å². The minimum Gasteiger partial charge on any atom is -0.497 e. The van der Waals surface area contributed by atoms with E-state index in [1.807, 2.05) is 20.8 Å². The quantitative estimate of drug-likeness (QED) is 0.127. The normalized spacial score (nSPS) is 11.1. The lowest BCUT2D eigenvalue weighted by Crippen LogP contribution is -2.31. The molecular weight excluding hydrogens is 500 g/mol. The topological polar surface area (TPSA) is 264 Å². The molecule has 1 aromatic carbocycles. The highest BCUT2D eigenvalue weighted by Crippen LogP contribution is 2.11. The largest absolute Gasteiger partial charge is 0.497 e. The molecule has 0 radical (unpaired) electrons. The van der Waals surface area contributed by atoms with Gasteiger partial charge in [-0.05, 0) is 50.3 Å². The van der Waals surface area contributed by atoms with Gasteiger partial charge in [-0.1, -0.05) is 19.9 Å². The number of nitrogens with zero attached hydrogens (tertiary/aromatic N) is 2. The Labute approximate surface area is 221 Å². The molecule has 1 aromatic heterocycles. The van der Waals surface area contributed by atoms with Crippen LogP contribution in [0.3, 0.4) is 0 Å². The summed E-state index contributed by atoms with van der Waals surface area (Å²) >= 11 is 0. The molecule has 2 aromatic rings. The molecule has 14 nitrogen and oxygen atoms in total. The number of aromatic nitrogens is 1. The molecule has 214 valence electrons. The lowest BCUT2D eigenvalue weighted by Gasteiger charge is -2.07. The Morgan fingerprint density at radius 3 is 2.03 bits per heavy atom. The molecule has 0 fully saturated rings. The molecule has 0 spiro atoms. The smallest absolute Gasteiger partial charge is 0.335 e. The summed E-state index contributed by atoms with van der Waals surface area (Å²) in [6.07, 6.45) is 4.59. The summed E-state index contributed by atoms with van der Waals surface area (Å²) in [4.78, 5) is 38.1. The lowest BCUT2D eigenvalue weighted by molar-refractivity contribution is -0.139. The molecule has 14 heteroatoms. The molecule has 0 bridgehead atoms. The number of aliphatic imine (C=N–C) groups is 1. The van der Waals surface area contributed by atoms with Crippen LogP contribution in [0.25, 0.3) is 0 Å². The van der Waals surface area contributed by atoms with E-state index in [0.717, 1.165) is 5.76 Å². The number of guanidine groups is 1. The third kappa shape index (κ3) is 21.1. The van der Waals surface area contributed by atoms with Gasteiger partial charge in [0.05, 0.1) is 18.9 Å². The fourth-order valence-electron chi connectivity index (χ4n) is 2.29. The fraction of sp³-hybridized carbons (Fsp3) is 0.458. The van der Waals surface area contributed by atoms with E-state index in [-0.39, 0.29) is 11.5 Å². The standard InChI is InChI=1S/C8H8O3.C6H14N4O2.C6H13NO2.C4H5NO/c1-11-7-4-2-3-6(5-7)8(9)10;7-4(5(11)12)2-1-3-10-6(8)9;1-4(2)3-5(7)6(8)9;1-4-2-5-3-6-4/h2-5H,1H3,(H,9,10);4H,1-3,7H2,(H,11,12)(H4,8,9,10);4-5H,3,7H2,1-2H3,(H,8,9);2-3H,1H3/t;4-;5-;/m.00./s1. The number of hydrogen-bond donors (Lipinski definition) is 7. The van der Waals surface area contributed by atoms with E-state index in [1.165, 1.54) is 25.6 Å². The first-order chi connectivity index (χ1) is 17.7. The van der Waals surface area contributed by atoms with E-state index in [9.17, 15) is 14.4 Å². The number of aryl methyl sites for hydroxylation is 1. The second kappa shape index (κ2) is 21.0. The van der Waals surface area contributed by atoms with Gasteiger partial charge in [-0.15, -0.1) is 0 Å². The van der Waals surface area contributed by atoms with Crippen LogP contribution in [-0.2, 0) is 9.59 Å². The zero-order chi connectivity index (χ0) is 29.7. The number of aromatic carboxylic acids is 1. The van der Waals surface area contributed by atoms with Gasteiger partial charge in [-0.2, -0.15) is 0 Å². The number of carbonyl (C=O) groups is 3. The van der Waals surface area contributed by atoms with Crippen LogP contribution < -0.4 is 27.7 Å². The summed E-state index contributed by atoms with van der Waals surface area (Å²) in [5, 5.41) is 25.2. The van der Waals surface area contributed by atoms with E-state index in [1.54, 1.807) is 18.3 Å². The van der Waals surface area contributed by atoms with E-state index < -0.39 is 30.0 Å². The maximum absolute atomic E-state index is 10.4. The van der Waals surface area contributed by atoms with Crippen LogP contribution in [0.15, 0.2) is 46.3 Å². The molecule has 1 heterocycles. The molecule has 0 aliphatic carbocycles. The number of methoxy groups -OCH3 is 1. The molecule has 0 unspecified atom stereocenters. The molecule has 38 heavy (non-hydrogen) atoms. The number of ether oxygens (including phenoxy) is 1. The Morgan fingerprint density at radius 2 is 1.68 bits per heavy atom. The van der Waals surface area contributed by atoms with Gasteiger partial charge in [0.1, 0.15) is 23.6 Å². The van der Waals surface area contributed by atoms with Crippen molar-refractivity contribution in [1.29, 1.82) is 0 Å². The number of aliphatic carboxylic acids is 2. The van der Waals surface area contributed by atoms with Crippen LogP contribution in [0, 0.1) is 12.8 Å². The lowest BCUT2D eigenvalue weighted by atomic mass is 10.1. The molecule has 0 aliphatic heterocycles. The summed E-state index contributed by atoms with van der Waals surface area (Å²) in [5.74, 6) is -1.07. The summed E-state index contributed by atoms with van der Waals surface area (Å²) < 4.78 is 9.56. The van der Waals surface area contributed by atoms with Crippen LogP contribution in [0.2, 0.25) is 0 Å². The van der Waals surface area contributed by atoms with Gasteiger partial charge >= 0.3 is 17.9 Å². The van der Waals surface area contributed by atoms with Crippen LogP contribution in [0.5, 0.6) is 5.75 Å². The number of carboxylic acid groups (broad SMARTS) is 3. The second-order valence-electron chi connectivity index (χ2n) is 8.12. The van der Waals surface area contributed by atoms with E-state index in [0.29, 0.717) is 37.5 Å². The molecule has 0 amide bonds. The molecule has 0 saturated heterocycles. The van der Waals surface area contributed by atoms with Crippen molar-refractivity contribution in [1.82, 2.24) is 4.98 Å². The Balaban J connectivity index is 0. The second-order valence-corrected chi connectivity index (χ2v) is 8.12. The zero-order valence-electron chi connectivity index (χ0n) is 22.1. The first kappa shape index (κ1) is 36.0. The highest BCUT2D eigenvalue weighted by molar-refractivity contribution is 5.88. The molecular formula is C24H40N6O8. The summed E-state index contributed by atoms with van der Waals surface area (Å²) in [6.45, 7) is 6.17. The Bertz CT molecular complexity index is 963. The van der Waals surface area contributed by atoms with Crippen LogP contribution in [-0.4, -0.2) is 69.9 Å². The van der Waals surface area contributed by atoms with Gasteiger partial charge in [-0.3, -0.25) is 14.6 Å². The average molecular weight is 541 g/mol. The van der Waals surface area contributed by atoms with Gasteiger partial charge in [0.25, 0.3) is 0 Å². The molecule has 11 N–H and O–H groups in total. The predicted octanol–water partition coefficient (Wildman–Crippen LogP) is 1.27. The molecule has 0 saturated carbocycles. The number of oxazole rings is 1. The monoisotopic (exact) mass is 540 g/mol. The third-order valence-electron chi connectivity index (χ3n) is 4.20. The SMILES string of the molecule is CC(C)C[C@H](N)C(=O)O.COc1cccc(C(=O)O)c1.Cc1cnco1.NC(N)=NCCC[C@H](N)C(=O)O. The third-order valence-corrected chi connectivity index (χ3v) is 4.20. The van der Waals surface area contributed by atoms with Crippen LogP contribution in [0.4, 0.5) is 0 Å². The molecule has 2 rings (SSSR count). The minimum absolute atomic E-state index is 0.0129. The van der Waals surface area contributed by atoms with Crippen molar-refractivity contribution < 1.29 is 38.9 Å². The van der Waals surface area contributed by atoms with Crippen LogP contribution in [0.1, 0.15) is 49.2 Å². The summed E-state index contributed by atoms with van der Waals surface area (Å²) in [6, 6.07) is 4.83. The Morgan fingerprint density at radius 1 is 1.08 bits per heavy atom. The number of nitrogens with two attached hydrogens (primary N) is 4. The van der Waals surface area contributed by atoms with Crippen molar-refractivity contribution in [2.24, 2.45) is 33.8 Å². The predicted molar refractivity (Wildman–Crippen MR) is 142 cm³/mol. The highest BCUT2D eigenvalue weighted by Gasteiger charge is 2.12. The van der Waals surface area contributed by atoms with Gasteiger partial charge < -0.3 is 47.4 Å². The fourth-order valence-corrected chi connectivity index (χ4v) is 2.29. The first-order valence-corrected chi connectivity index (χ1v) is 11.5.